The van der Waals surface area contributed by atoms with Crippen molar-refractivity contribution in [1.29, 1.82) is 0 Å². The number of rotatable bonds is 5. The van der Waals surface area contributed by atoms with Crippen LogP contribution in [0.5, 0.6) is 5.75 Å². The minimum atomic E-state index is -3.44. The van der Waals surface area contributed by atoms with Gasteiger partial charge in [0.1, 0.15) is 16.5 Å². The number of ether oxygens (including phenoxy) is 1. The number of hydrogen-bond donors (Lipinski definition) is 0. The smallest absolute Gasteiger partial charge is 0.185 e. The summed E-state index contributed by atoms with van der Waals surface area (Å²) in [5.41, 5.74) is 0.833. The van der Waals surface area contributed by atoms with Crippen LogP contribution in [0.2, 0.25) is 0 Å². The third kappa shape index (κ3) is 4.26. The Labute approximate surface area is 134 Å². The van der Waals surface area contributed by atoms with E-state index in [1.807, 2.05) is 0 Å². The molecule has 0 N–H and O–H groups in total. The van der Waals surface area contributed by atoms with Crippen molar-refractivity contribution in [2.45, 2.75) is 4.90 Å². The summed E-state index contributed by atoms with van der Waals surface area (Å²) in [7, 11) is -2.11. The number of hydrogen-bond acceptors (Lipinski definition) is 4. The molecule has 0 amide bonds. The van der Waals surface area contributed by atoms with E-state index in [0.29, 0.717) is 5.56 Å². The zero-order valence-corrected chi connectivity index (χ0v) is 13.4. The average Bonchev–Trinajstić information content (AvgIpc) is 2.51. The summed E-state index contributed by atoms with van der Waals surface area (Å²) in [5.74, 6) is -0.621. The maximum Gasteiger partial charge on any atom is 0.185 e. The molecule has 0 heterocycles. The summed E-state index contributed by atoms with van der Waals surface area (Å²) in [6.45, 7) is 0. The molecule has 0 aliphatic heterocycles. The molecule has 0 radical (unpaired) electrons. The van der Waals surface area contributed by atoms with Crippen LogP contribution < -0.4 is 4.74 Å². The van der Waals surface area contributed by atoms with Gasteiger partial charge in [-0.25, -0.2) is 12.8 Å². The summed E-state index contributed by atoms with van der Waals surface area (Å²) >= 11 is 0. The van der Waals surface area contributed by atoms with Crippen molar-refractivity contribution in [3.8, 4) is 5.75 Å². The molecule has 2 aromatic rings. The predicted octanol–water partition coefficient (Wildman–Crippen LogP) is 3.13. The molecule has 0 bridgehead atoms. The van der Waals surface area contributed by atoms with Crippen LogP contribution in [0.3, 0.4) is 0 Å². The van der Waals surface area contributed by atoms with Crippen molar-refractivity contribution in [3.63, 3.8) is 0 Å². The lowest BCUT2D eigenvalue weighted by Crippen LogP contribution is -2.03. The number of sulfone groups is 1. The Balaban J connectivity index is 2.30. The molecule has 0 saturated heterocycles. The molecular weight excluding hydrogens is 319 g/mol. The minimum Gasteiger partial charge on any atom is -0.495 e. The predicted molar refractivity (Wildman–Crippen MR) is 85.9 cm³/mol. The van der Waals surface area contributed by atoms with Crippen molar-refractivity contribution >= 4 is 21.7 Å². The van der Waals surface area contributed by atoms with Crippen molar-refractivity contribution in [1.82, 2.24) is 0 Å². The van der Waals surface area contributed by atoms with Gasteiger partial charge in [0.15, 0.2) is 15.6 Å². The third-order valence-electron chi connectivity index (χ3n) is 3.12. The van der Waals surface area contributed by atoms with Gasteiger partial charge < -0.3 is 4.74 Å². The van der Waals surface area contributed by atoms with Crippen LogP contribution in [-0.4, -0.2) is 27.6 Å². The molecule has 0 atom stereocenters. The highest BCUT2D eigenvalue weighted by Crippen LogP contribution is 2.25. The van der Waals surface area contributed by atoms with E-state index in [9.17, 15) is 17.6 Å². The van der Waals surface area contributed by atoms with Gasteiger partial charge in [0, 0.05) is 11.8 Å². The van der Waals surface area contributed by atoms with E-state index in [4.69, 9.17) is 4.74 Å². The maximum absolute atomic E-state index is 13.1. The molecule has 4 nitrogen and oxygen atoms in total. The number of carbonyl (C=O) groups excluding carboxylic acids is 1. The minimum absolute atomic E-state index is 0.0191. The molecule has 23 heavy (non-hydrogen) atoms. The first-order chi connectivity index (χ1) is 10.8. The number of methoxy groups -OCH3 is 1. The lowest BCUT2D eigenvalue weighted by molar-refractivity contribution is 0.104. The lowest BCUT2D eigenvalue weighted by atomic mass is 10.1. The van der Waals surface area contributed by atoms with E-state index >= 15 is 0 Å². The Morgan fingerprint density at radius 2 is 1.91 bits per heavy atom. The Morgan fingerprint density at radius 3 is 2.52 bits per heavy atom. The molecule has 0 saturated carbocycles. The molecule has 6 heteroatoms. The largest absolute Gasteiger partial charge is 0.495 e. The molecule has 2 aromatic carbocycles. The number of allylic oxidation sites excluding steroid dienone is 1. The topological polar surface area (TPSA) is 60.4 Å². The van der Waals surface area contributed by atoms with Gasteiger partial charge in [-0.15, -0.1) is 0 Å². The molecule has 0 aliphatic carbocycles. The molecule has 0 aromatic heterocycles. The second-order valence-corrected chi connectivity index (χ2v) is 6.87. The van der Waals surface area contributed by atoms with Crippen molar-refractivity contribution in [2.75, 3.05) is 13.4 Å². The Bertz CT molecular complexity index is 870. The van der Waals surface area contributed by atoms with Gasteiger partial charge in [0.25, 0.3) is 0 Å². The zero-order chi connectivity index (χ0) is 17.0. The Hall–Kier alpha value is -2.47. The monoisotopic (exact) mass is 334 g/mol. The highest BCUT2D eigenvalue weighted by atomic mass is 32.2. The van der Waals surface area contributed by atoms with E-state index in [1.54, 1.807) is 12.1 Å². The number of halogens is 1. The summed E-state index contributed by atoms with van der Waals surface area (Å²) in [6, 6.07) is 9.94. The molecule has 0 spiro atoms. The van der Waals surface area contributed by atoms with Crippen LogP contribution in [0, 0.1) is 5.82 Å². The summed E-state index contributed by atoms with van der Waals surface area (Å²) in [5, 5.41) is 0. The summed E-state index contributed by atoms with van der Waals surface area (Å²) in [4.78, 5) is 12.2. The Morgan fingerprint density at radius 1 is 1.17 bits per heavy atom. The second kappa shape index (κ2) is 6.75. The van der Waals surface area contributed by atoms with Gasteiger partial charge in [-0.2, -0.15) is 0 Å². The van der Waals surface area contributed by atoms with E-state index in [-0.39, 0.29) is 22.0 Å². The van der Waals surface area contributed by atoms with Crippen LogP contribution in [0.1, 0.15) is 15.9 Å². The first-order valence-corrected chi connectivity index (χ1v) is 8.56. The second-order valence-electron chi connectivity index (χ2n) is 4.89. The van der Waals surface area contributed by atoms with Gasteiger partial charge in [0.2, 0.25) is 0 Å². The molecule has 0 aliphatic rings. The maximum atomic E-state index is 13.1. The van der Waals surface area contributed by atoms with E-state index in [1.165, 1.54) is 49.6 Å². The average molecular weight is 334 g/mol. The third-order valence-corrected chi connectivity index (χ3v) is 4.26. The normalized spacial score (nSPS) is 11.6. The van der Waals surface area contributed by atoms with Gasteiger partial charge >= 0.3 is 0 Å². The van der Waals surface area contributed by atoms with E-state index in [0.717, 1.165) is 6.26 Å². The summed E-state index contributed by atoms with van der Waals surface area (Å²) < 4.78 is 41.4. The van der Waals surface area contributed by atoms with E-state index in [2.05, 4.69) is 0 Å². The van der Waals surface area contributed by atoms with Gasteiger partial charge in [-0.05, 0) is 42.0 Å². The van der Waals surface area contributed by atoms with Crippen LogP contribution >= 0.6 is 0 Å². The van der Waals surface area contributed by atoms with Gasteiger partial charge in [0.05, 0.1) is 7.11 Å². The quantitative estimate of drug-likeness (QED) is 0.622. The fourth-order valence-electron chi connectivity index (χ4n) is 2.01. The molecule has 0 fully saturated rings. The molecule has 0 unspecified atom stereocenters. The van der Waals surface area contributed by atoms with Crippen molar-refractivity contribution in [3.05, 3.63) is 65.5 Å². The number of carbonyl (C=O) groups is 1. The van der Waals surface area contributed by atoms with Crippen molar-refractivity contribution < 1.29 is 22.3 Å². The first kappa shape index (κ1) is 16.9. The van der Waals surface area contributed by atoms with Crippen LogP contribution in [-0.2, 0) is 9.84 Å². The zero-order valence-electron chi connectivity index (χ0n) is 12.6. The van der Waals surface area contributed by atoms with Crippen LogP contribution in [0.4, 0.5) is 4.39 Å². The fourth-order valence-corrected chi connectivity index (χ4v) is 2.83. The van der Waals surface area contributed by atoms with Gasteiger partial charge in [-0.1, -0.05) is 18.2 Å². The molecule has 2 rings (SSSR count). The molecular formula is C17H15FO4S. The van der Waals surface area contributed by atoms with Crippen LogP contribution in [0.15, 0.2) is 53.4 Å². The van der Waals surface area contributed by atoms with E-state index < -0.39 is 15.7 Å². The summed E-state index contributed by atoms with van der Waals surface area (Å²) in [6.07, 6.45) is 3.85. The first-order valence-electron chi connectivity index (χ1n) is 6.67. The number of benzene rings is 2. The van der Waals surface area contributed by atoms with Gasteiger partial charge in [-0.3, -0.25) is 4.79 Å². The highest BCUT2D eigenvalue weighted by molar-refractivity contribution is 7.90. The fraction of sp³-hybridized carbons (Fsp3) is 0.118. The SMILES string of the molecule is COc1cc(C(=O)/C=C/c2cccc(F)c2)ccc1S(C)(=O)=O. The standard InChI is InChI=1S/C17H15FO4S/c1-22-16-11-13(7-9-17(16)23(2,20)21)15(19)8-6-12-4-3-5-14(18)10-12/h3-11H,1-2H3/b8-6+. The lowest BCUT2D eigenvalue weighted by Gasteiger charge is -2.07. The van der Waals surface area contributed by atoms with Crippen LogP contribution in [0.25, 0.3) is 6.08 Å². The molecule has 120 valence electrons. The Kier molecular flexibility index (Phi) is 4.95. The highest BCUT2D eigenvalue weighted by Gasteiger charge is 2.16. The number of ketones is 1. The van der Waals surface area contributed by atoms with Crippen molar-refractivity contribution in [2.24, 2.45) is 0 Å².